The molecular weight excluding hydrogens is 789 g/mol. The van der Waals surface area contributed by atoms with Crippen molar-refractivity contribution in [2.75, 3.05) is 4.90 Å². The van der Waals surface area contributed by atoms with Crippen molar-refractivity contribution in [2.45, 2.75) is 13.8 Å². The molecule has 0 aliphatic carbocycles. The fourth-order valence-electron chi connectivity index (χ4n) is 10.1. The zero-order valence-electron chi connectivity index (χ0n) is 36.2. The highest BCUT2D eigenvalue weighted by Gasteiger charge is 2.25. The molecule has 0 radical (unpaired) electrons. The predicted molar refractivity (Wildman–Crippen MR) is 274 cm³/mol. The maximum absolute atomic E-state index is 6.98. The highest BCUT2D eigenvalue weighted by atomic mass is 16.3. The standard InChI is InChI=1S/C62H44N2O/c1-41-38-48(34-35-50(41)43-18-6-3-7-19-43)63(49-39-42(2)60(46-22-10-5-11-23-46)55(40-49)44-20-8-4-9-21-44)58-37-36-51(62-61(58)54-26-14-17-29-59(54)65-62)45-30-32-47(33-31-45)64-56-27-15-12-24-52(56)53-25-13-16-28-57(53)64/h3-40H,1-2H3. The Balaban J connectivity index is 1.08. The molecule has 2 aromatic heterocycles. The molecule has 3 heteroatoms. The van der Waals surface area contributed by atoms with Gasteiger partial charge >= 0.3 is 0 Å². The predicted octanol–water partition coefficient (Wildman–Crippen LogP) is 17.4. The summed E-state index contributed by atoms with van der Waals surface area (Å²) >= 11 is 0. The van der Waals surface area contributed by atoms with Gasteiger partial charge in [-0.3, -0.25) is 0 Å². The van der Waals surface area contributed by atoms with Gasteiger partial charge in [0.15, 0.2) is 0 Å². The second-order valence-electron chi connectivity index (χ2n) is 17.0. The van der Waals surface area contributed by atoms with E-state index in [-0.39, 0.29) is 0 Å². The van der Waals surface area contributed by atoms with Crippen LogP contribution in [0, 0.1) is 13.8 Å². The summed E-state index contributed by atoms with van der Waals surface area (Å²) in [6.07, 6.45) is 0. The first-order valence-electron chi connectivity index (χ1n) is 22.3. The molecule has 0 saturated heterocycles. The van der Waals surface area contributed by atoms with Crippen molar-refractivity contribution >= 4 is 60.8 Å². The van der Waals surface area contributed by atoms with E-state index in [0.29, 0.717) is 0 Å². The van der Waals surface area contributed by atoms with Crippen LogP contribution in [0.1, 0.15) is 11.1 Å². The number of rotatable bonds is 8. The second-order valence-corrected chi connectivity index (χ2v) is 17.0. The van der Waals surface area contributed by atoms with Crippen molar-refractivity contribution in [1.82, 2.24) is 4.57 Å². The smallest absolute Gasteiger partial charge is 0.145 e. The third-order valence-electron chi connectivity index (χ3n) is 13.0. The van der Waals surface area contributed by atoms with Crippen LogP contribution in [0.2, 0.25) is 0 Å². The van der Waals surface area contributed by atoms with Crippen LogP contribution >= 0.6 is 0 Å². The van der Waals surface area contributed by atoms with Crippen molar-refractivity contribution in [1.29, 1.82) is 0 Å². The Morgan fingerprint density at radius 1 is 0.385 bits per heavy atom. The largest absolute Gasteiger partial charge is 0.455 e. The number of aromatic nitrogens is 1. The van der Waals surface area contributed by atoms with Gasteiger partial charge in [0.25, 0.3) is 0 Å². The number of anilines is 3. The number of fused-ring (bicyclic) bond motifs is 6. The highest BCUT2D eigenvalue weighted by molar-refractivity contribution is 6.17. The van der Waals surface area contributed by atoms with Gasteiger partial charge in [0.05, 0.1) is 22.1 Å². The Kier molecular flexibility index (Phi) is 9.28. The SMILES string of the molecule is Cc1cc(N(c2cc(C)c(-c3ccccc3)c(-c3ccccc3)c2)c2ccc(-c3ccc(-n4c5ccccc5c5ccccc54)cc3)c3oc4ccccc4c23)ccc1-c1ccccc1. The average Bonchev–Trinajstić information content (AvgIpc) is 3.92. The molecule has 12 rings (SSSR count). The van der Waals surface area contributed by atoms with Crippen molar-refractivity contribution < 1.29 is 4.42 Å². The summed E-state index contributed by atoms with van der Waals surface area (Å²) in [4.78, 5) is 2.44. The number of furan rings is 1. The minimum atomic E-state index is 0.856. The molecular formula is C62H44N2O. The minimum absolute atomic E-state index is 0.856. The normalized spacial score (nSPS) is 11.5. The van der Waals surface area contributed by atoms with Crippen LogP contribution in [-0.2, 0) is 0 Å². The molecule has 0 amide bonds. The molecule has 0 spiro atoms. The Morgan fingerprint density at radius 2 is 0.908 bits per heavy atom. The lowest BCUT2D eigenvalue weighted by atomic mass is 9.89. The van der Waals surface area contributed by atoms with Crippen molar-refractivity contribution in [3.8, 4) is 50.2 Å². The Morgan fingerprint density at radius 3 is 1.55 bits per heavy atom. The fourth-order valence-corrected chi connectivity index (χ4v) is 10.1. The first-order valence-corrected chi connectivity index (χ1v) is 22.3. The summed E-state index contributed by atoms with van der Waals surface area (Å²) in [7, 11) is 0. The molecule has 0 aliphatic heterocycles. The summed E-state index contributed by atoms with van der Waals surface area (Å²) in [5.41, 5.74) is 20.2. The molecule has 12 aromatic rings. The van der Waals surface area contributed by atoms with Crippen LogP contribution in [0.25, 0.3) is 93.9 Å². The van der Waals surface area contributed by atoms with Gasteiger partial charge in [-0.15, -0.1) is 0 Å². The number of aryl methyl sites for hydroxylation is 2. The number of nitrogens with zero attached hydrogens (tertiary/aromatic N) is 2. The average molecular weight is 833 g/mol. The molecule has 0 fully saturated rings. The second kappa shape index (κ2) is 15.7. The molecule has 0 bridgehead atoms. The third-order valence-corrected chi connectivity index (χ3v) is 13.0. The van der Waals surface area contributed by atoms with E-state index in [0.717, 1.165) is 55.8 Å². The number of benzene rings is 10. The lowest BCUT2D eigenvalue weighted by molar-refractivity contribution is 0.670. The lowest BCUT2D eigenvalue weighted by Gasteiger charge is -2.29. The summed E-state index contributed by atoms with van der Waals surface area (Å²) in [5, 5.41) is 4.65. The van der Waals surface area contributed by atoms with Crippen molar-refractivity contribution in [2.24, 2.45) is 0 Å². The van der Waals surface area contributed by atoms with E-state index in [1.165, 1.54) is 66.3 Å². The Labute approximate surface area is 378 Å². The van der Waals surface area contributed by atoms with Gasteiger partial charge in [-0.05, 0) is 131 Å². The number of hydrogen-bond acceptors (Lipinski definition) is 2. The van der Waals surface area contributed by atoms with Crippen LogP contribution in [0.15, 0.2) is 235 Å². The van der Waals surface area contributed by atoms with E-state index in [2.05, 4.69) is 254 Å². The van der Waals surface area contributed by atoms with Crippen LogP contribution in [0.5, 0.6) is 0 Å². The summed E-state index contributed by atoms with van der Waals surface area (Å²) in [5.74, 6) is 0. The molecule has 0 atom stereocenters. The van der Waals surface area contributed by atoms with Gasteiger partial charge in [0.1, 0.15) is 11.2 Å². The molecule has 0 unspecified atom stereocenters. The quantitative estimate of drug-likeness (QED) is 0.152. The fraction of sp³-hybridized carbons (Fsp3) is 0.0323. The van der Waals surface area contributed by atoms with E-state index in [9.17, 15) is 0 Å². The molecule has 0 aliphatic rings. The van der Waals surface area contributed by atoms with E-state index in [1.54, 1.807) is 0 Å². The van der Waals surface area contributed by atoms with Gasteiger partial charge in [0, 0.05) is 38.8 Å². The van der Waals surface area contributed by atoms with Crippen LogP contribution in [0.4, 0.5) is 17.1 Å². The van der Waals surface area contributed by atoms with Crippen molar-refractivity contribution in [3.63, 3.8) is 0 Å². The van der Waals surface area contributed by atoms with Gasteiger partial charge in [0.2, 0.25) is 0 Å². The molecule has 3 nitrogen and oxygen atoms in total. The lowest BCUT2D eigenvalue weighted by Crippen LogP contribution is -2.12. The van der Waals surface area contributed by atoms with E-state index < -0.39 is 0 Å². The zero-order valence-corrected chi connectivity index (χ0v) is 36.2. The molecule has 308 valence electrons. The van der Waals surface area contributed by atoms with Gasteiger partial charge in [-0.1, -0.05) is 164 Å². The molecule has 2 heterocycles. The van der Waals surface area contributed by atoms with Gasteiger partial charge in [-0.2, -0.15) is 0 Å². The van der Waals surface area contributed by atoms with Crippen LogP contribution < -0.4 is 4.90 Å². The monoisotopic (exact) mass is 832 g/mol. The van der Waals surface area contributed by atoms with E-state index >= 15 is 0 Å². The summed E-state index contributed by atoms with van der Waals surface area (Å²) in [6.45, 7) is 4.47. The molecule has 10 aromatic carbocycles. The van der Waals surface area contributed by atoms with Gasteiger partial charge < -0.3 is 13.9 Å². The Bertz CT molecular complexity index is 3660. The number of hydrogen-bond donors (Lipinski definition) is 0. The highest BCUT2D eigenvalue weighted by Crippen LogP contribution is 2.49. The van der Waals surface area contributed by atoms with Crippen LogP contribution in [0.3, 0.4) is 0 Å². The van der Waals surface area contributed by atoms with E-state index in [1.807, 2.05) is 0 Å². The zero-order chi connectivity index (χ0) is 43.4. The Hall–Kier alpha value is -8.40. The summed E-state index contributed by atoms with van der Waals surface area (Å²) in [6, 6.07) is 83.1. The molecule has 0 N–H and O–H groups in total. The first-order chi connectivity index (χ1) is 32.1. The van der Waals surface area contributed by atoms with Gasteiger partial charge in [-0.25, -0.2) is 0 Å². The third kappa shape index (κ3) is 6.51. The van der Waals surface area contributed by atoms with Crippen molar-refractivity contribution in [3.05, 3.63) is 242 Å². The maximum atomic E-state index is 6.98. The number of para-hydroxylation sites is 3. The molecule has 0 saturated carbocycles. The topological polar surface area (TPSA) is 21.3 Å². The molecule has 65 heavy (non-hydrogen) atoms. The first kappa shape index (κ1) is 38.3. The maximum Gasteiger partial charge on any atom is 0.145 e. The van der Waals surface area contributed by atoms with E-state index in [4.69, 9.17) is 4.42 Å². The summed E-state index contributed by atoms with van der Waals surface area (Å²) < 4.78 is 9.35. The minimum Gasteiger partial charge on any atom is -0.455 e. The van der Waals surface area contributed by atoms with Crippen LogP contribution in [-0.4, -0.2) is 4.57 Å².